The van der Waals surface area contributed by atoms with Gasteiger partial charge in [0.05, 0.1) is 30.3 Å². The molecule has 27 heavy (non-hydrogen) atoms. The summed E-state index contributed by atoms with van der Waals surface area (Å²) >= 11 is 0. The van der Waals surface area contributed by atoms with E-state index in [0.717, 1.165) is 10.8 Å². The minimum absolute atomic E-state index is 0.0383. The van der Waals surface area contributed by atoms with Crippen LogP contribution >= 0.6 is 0 Å². The lowest BCUT2D eigenvalue weighted by Gasteiger charge is -2.19. The van der Waals surface area contributed by atoms with Crippen molar-refractivity contribution in [1.29, 1.82) is 0 Å². The molecule has 1 atom stereocenters. The third kappa shape index (κ3) is 3.14. The summed E-state index contributed by atoms with van der Waals surface area (Å²) in [5.41, 5.74) is 0.473. The highest BCUT2D eigenvalue weighted by molar-refractivity contribution is 5.79. The van der Waals surface area contributed by atoms with E-state index in [9.17, 15) is 27.9 Å². The van der Waals surface area contributed by atoms with Gasteiger partial charge in [0.25, 0.3) is 5.56 Å². The Labute approximate surface area is 153 Å². The molecule has 0 fully saturated rings. The van der Waals surface area contributed by atoms with Gasteiger partial charge in [-0.1, -0.05) is 12.1 Å². The topological polar surface area (TPSA) is 68.5 Å². The largest absolute Gasteiger partial charge is 0.481 e. The van der Waals surface area contributed by atoms with Crippen molar-refractivity contribution in [2.45, 2.75) is 39.2 Å². The molecule has 2 heterocycles. The van der Waals surface area contributed by atoms with Crippen LogP contribution in [0.25, 0.3) is 11.1 Å². The van der Waals surface area contributed by atoms with Gasteiger partial charge < -0.3 is 14.4 Å². The number of carbonyl (C=O) groups is 1. The molecule has 1 aromatic carbocycles. The first-order chi connectivity index (χ1) is 12.5. The molecular formula is C19H18F3NO4. The Balaban J connectivity index is 2.31. The van der Waals surface area contributed by atoms with Gasteiger partial charge in [0.15, 0.2) is 0 Å². The SMILES string of the molecule is Cc1c(C(F)(F)F)cn(C)c(=O)c1-c1ccc(C(C)C(=O)O)c2c1COC2. The Kier molecular flexibility index (Phi) is 4.63. The van der Waals surface area contributed by atoms with Gasteiger partial charge in [-0.2, -0.15) is 13.2 Å². The molecule has 0 amide bonds. The number of alkyl halides is 3. The van der Waals surface area contributed by atoms with E-state index in [-0.39, 0.29) is 24.3 Å². The number of fused-ring (bicyclic) bond motifs is 1. The maximum atomic E-state index is 13.4. The molecule has 1 aliphatic rings. The maximum absolute atomic E-state index is 13.4. The number of benzene rings is 1. The average molecular weight is 381 g/mol. The van der Waals surface area contributed by atoms with Gasteiger partial charge in [0, 0.05) is 13.2 Å². The molecule has 5 nitrogen and oxygen atoms in total. The minimum Gasteiger partial charge on any atom is -0.481 e. The van der Waals surface area contributed by atoms with Crippen molar-refractivity contribution >= 4 is 5.97 Å². The first kappa shape index (κ1) is 19.2. The quantitative estimate of drug-likeness (QED) is 0.882. The fourth-order valence-electron chi connectivity index (χ4n) is 3.50. The van der Waals surface area contributed by atoms with Crippen molar-refractivity contribution in [3.63, 3.8) is 0 Å². The summed E-state index contributed by atoms with van der Waals surface area (Å²) in [6.07, 6.45) is -3.81. The van der Waals surface area contributed by atoms with Crippen molar-refractivity contribution in [1.82, 2.24) is 4.57 Å². The molecule has 1 unspecified atom stereocenters. The van der Waals surface area contributed by atoms with Gasteiger partial charge in [0.1, 0.15) is 0 Å². The van der Waals surface area contributed by atoms with Crippen LogP contribution in [0.5, 0.6) is 0 Å². The molecule has 0 saturated heterocycles. The molecule has 0 aliphatic carbocycles. The highest BCUT2D eigenvalue weighted by Gasteiger charge is 2.35. The smallest absolute Gasteiger partial charge is 0.418 e. The van der Waals surface area contributed by atoms with Crippen molar-refractivity contribution < 1.29 is 27.8 Å². The number of aryl methyl sites for hydroxylation is 1. The van der Waals surface area contributed by atoms with Gasteiger partial charge in [0.2, 0.25) is 0 Å². The highest BCUT2D eigenvalue weighted by Crippen LogP contribution is 2.39. The average Bonchev–Trinajstić information content (AvgIpc) is 3.06. The Morgan fingerprint density at radius 3 is 2.48 bits per heavy atom. The van der Waals surface area contributed by atoms with E-state index in [1.807, 2.05) is 0 Å². The summed E-state index contributed by atoms with van der Waals surface area (Å²) in [6, 6.07) is 3.08. The zero-order valence-corrected chi connectivity index (χ0v) is 15.0. The van der Waals surface area contributed by atoms with Gasteiger partial charge in [-0.15, -0.1) is 0 Å². The van der Waals surface area contributed by atoms with E-state index in [0.29, 0.717) is 22.3 Å². The van der Waals surface area contributed by atoms with Crippen molar-refractivity contribution in [3.05, 3.63) is 56.5 Å². The number of halogens is 3. The Morgan fingerprint density at radius 2 is 1.89 bits per heavy atom. The van der Waals surface area contributed by atoms with E-state index in [2.05, 4.69) is 0 Å². The second-order valence-corrected chi connectivity index (χ2v) is 6.67. The summed E-state index contributed by atoms with van der Waals surface area (Å²) in [7, 11) is 1.28. The van der Waals surface area contributed by atoms with Crippen molar-refractivity contribution in [2.75, 3.05) is 0 Å². The number of aromatic nitrogens is 1. The van der Waals surface area contributed by atoms with Crippen LogP contribution in [0, 0.1) is 6.92 Å². The van der Waals surface area contributed by atoms with Crippen LogP contribution in [0.4, 0.5) is 13.2 Å². The predicted molar refractivity (Wildman–Crippen MR) is 91.4 cm³/mol. The zero-order chi connectivity index (χ0) is 20.1. The molecule has 0 bridgehead atoms. The van der Waals surface area contributed by atoms with Gasteiger partial charge >= 0.3 is 12.1 Å². The molecule has 144 valence electrons. The fraction of sp³-hybridized carbons (Fsp3) is 0.368. The van der Waals surface area contributed by atoms with Crippen LogP contribution in [0.2, 0.25) is 0 Å². The van der Waals surface area contributed by atoms with E-state index in [1.54, 1.807) is 6.07 Å². The monoisotopic (exact) mass is 381 g/mol. The molecule has 3 rings (SSSR count). The fourth-order valence-corrected chi connectivity index (χ4v) is 3.50. The minimum atomic E-state index is -4.60. The number of hydrogen-bond donors (Lipinski definition) is 1. The molecule has 1 aromatic heterocycles. The van der Waals surface area contributed by atoms with Crippen LogP contribution in [0.15, 0.2) is 23.1 Å². The third-order valence-electron chi connectivity index (χ3n) is 5.01. The lowest BCUT2D eigenvalue weighted by atomic mass is 9.87. The third-order valence-corrected chi connectivity index (χ3v) is 5.01. The Morgan fingerprint density at radius 1 is 1.26 bits per heavy atom. The normalized spacial score (nSPS) is 14.9. The summed E-state index contributed by atoms with van der Waals surface area (Å²) in [5, 5.41) is 9.28. The molecule has 8 heteroatoms. The maximum Gasteiger partial charge on any atom is 0.418 e. The van der Waals surface area contributed by atoms with Crippen molar-refractivity contribution in [2.24, 2.45) is 7.05 Å². The summed E-state index contributed by atoms with van der Waals surface area (Å²) in [6.45, 7) is 3.08. The van der Waals surface area contributed by atoms with Crippen LogP contribution in [0.3, 0.4) is 0 Å². The second-order valence-electron chi connectivity index (χ2n) is 6.67. The summed E-state index contributed by atoms with van der Waals surface area (Å²) in [5.74, 6) is -1.80. The predicted octanol–water partition coefficient (Wildman–Crippen LogP) is 3.60. The number of nitrogens with zero attached hydrogens (tertiary/aromatic N) is 1. The Bertz CT molecular complexity index is 992. The van der Waals surface area contributed by atoms with E-state index < -0.39 is 29.2 Å². The van der Waals surface area contributed by atoms with E-state index in [4.69, 9.17) is 4.74 Å². The first-order valence-electron chi connectivity index (χ1n) is 8.27. The lowest BCUT2D eigenvalue weighted by Crippen LogP contribution is -2.24. The van der Waals surface area contributed by atoms with Gasteiger partial charge in [-0.05, 0) is 41.7 Å². The molecular weight excluding hydrogens is 363 g/mol. The van der Waals surface area contributed by atoms with E-state index in [1.165, 1.54) is 27.0 Å². The number of carboxylic acids is 1. The molecule has 1 aliphatic heterocycles. The van der Waals surface area contributed by atoms with Gasteiger partial charge in [-0.3, -0.25) is 9.59 Å². The summed E-state index contributed by atoms with van der Waals surface area (Å²) < 4.78 is 46.5. The zero-order valence-electron chi connectivity index (χ0n) is 15.0. The summed E-state index contributed by atoms with van der Waals surface area (Å²) in [4.78, 5) is 24.0. The lowest BCUT2D eigenvalue weighted by molar-refractivity contribution is -0.139. The molecule has 2 aromatic rings. The standard InChI is InChI=1S/C19H18F3NO4/c1-9(18(25)26)11-4-5-12(14-8-27-7-13(11)14)16-10(2)15(19(20,21)22)6-23(3)17(16)24/h4-6,9H,7-8H2,1-3H3,(H,25,26). The first-order valence-corrected chi connectivity index (χ1v) is 8.27. The molecule has 1 N–H and O–H groups in total. The molecule has 0 spiro atoms. The highest BCUT2D eigenvalue weighted by atomic mass is 19.4. The number of aliphatic carboxylic acids is 1. The van der Waals surface area contributed by atoms with Crippen LogP contribution in [0.1, 0.15) is 40.7 Å². The molecule has 0 radical (unpaired) electrons. The van der Waals surface area contributed by atoms with E-state index >= 15 is 0 Å². The number of hydrogen-bond acceptors (Lipinski definition) is 3. The van der Waals surface area contributed by atoms with Crippen LogP contribution < -0.4 is 5.56 Å². The van der Waals surface area contributed by atoms with Crippen LogP contribution in [-0.4, -0.2) is 15.6 Å². The number of carboxylic acid groups (broad SMARTS) is 1. The van der Waals surface area contributed by atoms with Crippen molar-refractivity contribution in [3.8, 4) is 11.1 Å². The number of ether oxygens (including phenoxy) is 1. The number of pyridine rings is 1. The number of rotatable bonds is 3. The Hall–Kier alpha value is -2.61. The van der Waals surface area contributed by atoms with Crippen LogP contribution in [-0.2, 0) is 36.0 Å². The molecule has 0 saturated carbocycles. The van der Waals surface area contributed by atoms with Gasteiger partial charge in [-0.25, -0.2) is 0 Å². The second kappa shape index (κ2) is 6.53.